The molecule has 0 spiro atoms. The minimum Gasteiger partial charge on any atom is -0.354 e. The van der Waals surface area contributed by atoms with Crippen molar-refractivity contribution in [1.82, 2.24) is 10.2 Å². The average Bonchev–Trinajstić information content (AvgIpc) is 2.71. The quantitative estimate of drug-likeness (QED) is 0.502. The summed E-state index contributed by atoms with van der Waals surface area (Å²) in [6.45, 7) is 8.94. The summed E-state index contributed by atoms with van der Waals surface area (Å²) in [4.78, 5) is 28.5. The molecule has 0 aliphatic rings. The number of carbonyl (C=O) groups excluding carboxylic acids is 2. The van der Waals surface area contributed by atoms with Crippen molar-refractivity contribution in [1.29, 1.82) is 0 Å². The van der Waals surface area contributed by atoms with Crippen molar-refractivity contribution in [3.05, 3.63) is 64.7 Å². The van der Waals surface area contributed by atoms with Crippen LogP contribution in [0, 0.1) is 12.8 Å². The second-order valence-corrected chi connectivity index (χ2v) is 9.48. The predicted molar refractivity (Wildman–Crippen MR) is 126 cm³/mol. The van der Waals surface area contributed by atoms with E-state index < -0.39 is 6.04 Å². The van der Waals surface area contributed by atoms with Gasteiger partial charge in [-0.1, -0.05) is 55.3 Å². The highest BCUT2D eigenvalue weighted by atomic mass is 35.5. The van der Waals surface area contributed by atoms with Gasteiger partial charge >= 0.3 is 0 Å². The van der Waals surface area contributed by atoms with Crippen LogP contribution < -0.4 is 5.32 Å². The molecule has 0 saturated heterocycles. The number of hydrogen-bond acceptors (Lipinski definition) is 3. The van der Waals surface area contributed by atoms with Crippen LogP contribution in [0.1, 0.15) is 38.3 Å². The highest BCUT2D eigenvalue weighted by Gasteiger charge is 2.26. The molecule has 6 heteroatoms. The molecule has 0 saturated carbocycles. The molecule has 1 N–H and O–H groups in total. The van der Waals surface area contributed by atoms with E-state index in [-0.39, 0.29) is 11.8 Å². The summed E-state index contributed by atoms with van der Waals surface area (Å²) in [5.74, 6) is 0.864. The maximum atomic E-state index is 13.1. The largest absolute Gasteiger partial charge is 0.354 e. The summed E-state index contributed by atoms with van der Waals surface area (Å²) in [6, 6.07) is 15.1. The number of carbonyl (C=O) groups is 2. The number of rotatable bonds is 10. The molecular weight excluding hydrogens is 416 g/mol. The number of amides is 2. The van der Waals surface area contributed by atoms with Crippen LogP contribution in [0.25, 0.3) is 0 Å². The number of nitrogens with zero attached hydrogens (tertiary/aromatic N) is 1. The van der Waals surface area contributed by atoms with Crippen molar-refractivity contribution in [3.63, 3.8) is 0 Å². The minimum atomic E-state index is -0.530. The van der Waals surface area contributed by atoms with Crippen LogP contribution in [0.4, 0.5) is 0 Å². The van der Waals surface area contributed by atoms with Crippen LogP contribution in [0.2, 0.25) is 5.02 Å². The summed E-state index contributed by atoms with van der Waals surface area (Å²) < 4.78 is 0. The molecule has 0 radical (unpaired) electrons. The maximum Gasteiger partial charge on any atom is 0.242 e. The molecule has 2 rings (SSSR count). The Hall–Kier alpha value is -1.98. The van der Waals surface area contributed by atoms with Crippen LogP contribution >= 0.6 is 23.4 Å². The van der Waals surface area contributed by atoms with Gasteiger partial charge in [0.25, 0.3) is 0 Å². The smallest absolute Gasteiger partial charge is 0.242 e. The van der Waals surface area contributed by atoms with Gasteiger partial charge in [-0.25, -0.2) is 0 Å². The molecule has 0 heterocycles. The van der Waals surface area contributed by atoms with E-state index in [1.807, 2.05) is 49.4 Å². The maximum absolute atomic E-state index is 13.1. The highest BCUT2D eigenvalue weighted by molar-refractivity contribution is 7.99. The highest BCUT2D eigenvalue weighted by Crippen LogP contribution is 2.22. The number of aryl methyl sites for hydroxylation is 1. The molecule has 2 amide bonds. The average molecular weight is 447 g/mol. The Morgan fingerprint density at radius 1 is 1.10 bits per heavy atom. The van der Waals surface area contributed by atoms with Gasteiger partial charge in [-0.2, -0.15) is 0 Å². The second-order valence-electron chi connectivity index (χ2n) is 7.88. The van der Waals surface area contributed by atoms with Crippen LogP contribution in [0.5, 0.6) is 0 Å². The zero-order valence-electron chi connectivity index (χ0n) is 18.2. The van der Waals surface area contributed by atoms with E-state index in [9.17, 15) is 9.59 Å². The Kier molecular flexibility index (Phi) is 9.73. The van der Waals surface area contributed by atoms with Crippen molar-refractivity contribution in [2.45, 2.75) is 51.6 Å². The van der Waals surface area contributed by atoms with E-state index in [1.165, 1.54) is 0 Å². The first-order valence-corrected chi connectivity index (χ1v) is 11.6. The Balaban J connectivity index is 2.05. The first-order valence-electron chi connectivity index (χ1n) is 10.3. The van der Waals surface area contributed by atoms with E-state index in [0.29, 0.717) is 36.2 Å². The first kappa shape index (κ1) is 24.3. The van der Waals surface area contributed by atoms with Gasteiger partial charge in [0.2, 0.25) is 11.8 Å². The van der Waals surface area contributed by atoms with Gasteiger partial charge in [0.15, 0.2) is 0 Å². The van der Waals surface area contributed by atoms with Crippen molar-refractivity contribution >= 4 is 35.2 Å². The number of hydrogen-bond donors (Lipinski definition) is 1. The number of halogens is 1. The van der Waals surface area contributed by atoms with Crippen LogP contribution in [-0.4, -0.2) is 35.1 Å². The van der Waals surface area contributed by atoms with E-state index in [4.69, 9.17) is 11.6 Å². The molecule has 0 aliphatic carbocycles. The lowest BCUT2D eigenvalue weighted by atomic mass is 10.1. The number of benzene rings is 2. The lowest BCUT2D eigenvalue weighted by molar-refractivity contribution is -0.140. The number of nitrogens with one attached hydrogen (secondary N) is 1. The van der Waals surface area contributed by atoms with Crippen molar-refractivity contribution in [3.8, 4) is 0 Å². The molecule has 1 atom stereocenters. The first-order chi connectivity index (χ1) is 14.3. The molecule has 162 valence electrons. The van der Waals surface area contributed by atoms with E-state index in [1.54, 1.807) is 23.6 Å². The van der Waals surface area contributed by atoms with E-state index in [0.717, 1.165) is 16.0 Å². The molecule has 30 heavy (non-hydrogen) atoms. The summed E-state index contributed by atoms with van der Waals surface area (Å²) in [7, 11) is 0. The fourth-order valence-electron chi connectivity index (χ4n) is 2.97. The molecule has 0 fully saturated rings. The van der Waals surface area contributed by atoms with Crippen LogP contribution in [0.15, 0.2) is 53.4 Å². The molecule has 4 nitrogen and oxygen atoms in total. The fraction of sp³-hybridized carbons (Fsp3) is 0.417. The zero-order valence-corrected chi connectivity index (χ0v) is 19.7. The monoisotopic (exact) mass is 446 g/mol. The van der Waals surface area contributed by atoms with Gasteiger partial charge in [0.05, 0.1) is 0 Å². The van der Waals surface area contributed by atoms with Gasteiger partial charge in [-0.05, 0) is 49.6 Å². The third kappa shape index (κ3) is 8.04. The van der Waals surface area contributed by atoms with Crippen molar-refractivity contribution in [2.75, 3.05) is 12.3 Å². The summed E-state index contributed by atoms with van der Waals surface area (Å²) in [5.41, 5.74) is 2.16. The molecule has 0 bridgehead atoms. The number of thioether (sulfide) groups is 1. The fourth-order valence-corrected chi connectivity index (χ4v) is 3.94. The molecule has 0 aliphatic heterocycles. The van der Waals surface area contributed by atoms with Crippen LogP contribution in [-0.2, 0) is 16.1 Å². The van der Waals surface area contributed by atoms with Crippen molar-refractivity contribution < 1.29 is 9.59 Å². The van der Waals surface area contributed by atoms with Gasteiger partial charge in [-0.15, -0.1) is 11.8 Å². The Morgan fingerprint density at radius 3 is 2.43 bits per heavy atom. The molecule has 1 unspecified atom stereocenters. The molecule has 2 aromatic carbocycles. The van der Waals surface area contributed by atoms with E-state index >= 15 is 0 Å². The third-order valence-corrected chi connectivity index (χ3v) is 5.95. The van der Waals surface area contributed by atoms with Crippen molar-refractivity contribution in [2.24, 2.45) is 5.92 Å². The summed E-state index contributed by atoms with van der Waals surface area (Å²) in [5, 5.41) is 3.65. The molecule has 2 aromatic rings. The SMILES string of the molecule is Cc1cccc(CN(C(=O)CCSc2ccc(Cl)cc2)C(C)C(=O)NCC(C)C)c1. The van der Waals surface area contributed by atoms with E-state index in [2.05, 4.69) is 25.2 Å². The summed E-state index contributed by atoms with van der Waals surface area (Å²) in [6.07, 6.45) is 0.362. The van der Waals surface area contributed by atoms with Gasteiger partial charge in [0, 0.05) is 35.2 Å². The lowest BCUT2D eigenvalue weighted by Crippen LogP contribution is -2.48. The molecule has 0 aromatic heterocycles. The van der Waals surface area contributed by atoms with Gasteiger partial charge < -0.3 is 10.2 Å². The van der Waals surface area contributed by atoms with Gasteiger partial charge in [0.1, 0.15) is 6.04 Å². The predicted octanol–water partition coefficient (Wildman–Crippen LogP) is 5.32. The molecular formula is C24H31ClN2O2S. The topological polar surface area (TPSA) is 49.4 Å². The summed E-state index contributed by atoms with van der Waals surface area (Å²) >= 11 is 7.54. The van der Waals surface area contributed by atoms with Gasteiger partial charge in [-0.3, -0.25) is 9.59 Å². The Bertz CT molecular complexity index is 839. The Labute approximate surface area is 189 Å². The Morgan fingerprint density at radius 2 is 1.80 bits per heavy atom. The third-order valence-electron chi connectivity index (χ3n) is 4.69. The lowest BCUT2D eigenvalue weighted by Gasteiger charge is -2.29. The minimum absolute atomic E-state index is 0.0230. The van der Waals surface area contributed by atoms with Crippen LogP contribution in [0.3, 0.4) is 0 Å². The normalized spacial score (nSPS) is 11.9. The zero-order chi connectivity index (χ0) is 22.1. The second kappa shape index (κ2) is 12.0. The standard InChI is InChI=1S/C24H31ClN2O2S/c1-17(2)15-26-24(29)19(4)27(16-20-7-5-6-18(3)14-20)23(28)12-13-30-22-10-8-21(25)9-11-22/h5-11,14,17,19H,12-13,15-16H2,1-4H3,(H,26,29).